The third-order valence-corrected chi connectivity index (χ3v) is 8.74. The maximum Gasteiger partial charge on any atom is 0.253 e. The van der Waals surface area contributed by atoms with Gasteiger partial charge in [-0.2, -0.15) is 0 Å². The van der Waals surface area contributed by atoms with Gasteiger partial charge < -0.3 is 9.32 Å². The summed E-state index contributed by atoms with van der Waals surface area (Å²) >= 11 is 0. The van der Waals surface area contributed by atoms with Crippen LogP contribution in [-0.2, 0) is 16.9 Å². The number of para-hydroxylation sites is 1. The molecule has 6 rings (SSSR count). The molecule has 5 nitrogen and oxygen atoms in total. The summed E-state index contributed by atoms with van der Waals surface area (Å²) in [5.41, 5.74) is 4.65. The minimum Gasteiger partial charge on any atom is -0.469 e. The smallest absolute Gasteiger partial charge is 0.253 e. The monoisotopic (exact) mass is 518 g/mol. The van der Waals surface area contributed by atoms with Crippen LogP contribution in [0.2, 0.25) is 0 Å². The molecule has 2 aliphatic heterocycles. The minimum absolute atomic E-state index is 0.0306. The van der Waals surface area contributed by atoms with E-state index in [4.69, 9.17) is 4.42 Å². The Kier molecular flexibility index (Phi) is 6.27. The number of likely N-dealkylation sites (tertiary alicyclic amines) is 1. The zero-order valence-electron chi connectivity index (χ0n) is 22.9. The average molecular weight is 519 g/mol. The van der Waals surface area contributed by atoms with E-state index in [2.05, 4.69) is 37.8 Å². The van der Waals surface area contributed by atoms with Crippen LogP contribution in [0.25, 0.3) is 0 Å². The molecule has 4 aromatic rings. The van der Waals surface area contributed by atoms with E-state index in [1.54, 1.807) is 6.26 Å². The van der Waals surface area contributed by atoms with E-state index in [0.717, 1.165) is 28.1 Å². The van der Waals surface area contributed by atoms with Crippen LogP contribution in [0.1, 0.15) is 64.1 Å². The number of Topliss-reactive ketones (excluding diaryl/α,β-unsaturated/α-hetero) is 1. The van der Waals surface area contributed by atoms with E-state index in [9.17, 15) is 9.59 Å². The van der Waals surface area contributed by atoms with Crippen molar-refractivity contribution in [1.82, 2.24) is 4.90 Å². The van der Waals surface area contributed by atoms with Gasteiger partial charge in [0.1, 0.15) is 11.3 Å². The molecule has 1 saturated heterocycles. The Labute approximate surface area is 230 Å². The molecule has 1 spiro atoms. The molecule has 198 valence electrons. The zero-order chi connectivity index (χ0) is 27.3. The van der Waals surface area contributed by atoms with E-state index in [1.165, 1.54) is 5.56 Å². The van der Waals surface area contributed by atoms with Crippen LogP contribution >= 0.6 is 0 Å². The van der Waals surface area contributed by atoms with Crippen LogP contribution in [0.15, 0.2) is 95.6 Å². The van der Waals surface area contributed by atoms with Gasteiger partial charge in [-0.25, -0.2) is 0 Å². The topological polar surface area (TPSA) is 53.8 Å². The van der Waals surface area contributed by atoms with Crippen molar-refractivity contribution in [1.29, 1.82) is 0 Å². The van der Waals surface area contributed by atoms with Crippen molar-refractivity contribution in [2.24, 2.45) is 5.92 Å². The number of amides is 1. The van der Waals surface area contributed by atoms with E-state index in [1.807, 2.05) is 84.7 Å². The predicted octanol–water partition coefficient (Wildman–Crippen LogP) is 6.68. The molecule has 0 radical (unpaired) electrons. The second-order valence-corrected chi connectivity index (χ2v) is 11.2. The fourth-order valence-corrected chi connectivity index (χ4v) is 6.66. The first-order chi connectivity index (χ1) is 18.8. The van der Waals surface area contributed by atoms with Gasteiger partial charge in [-0.1, -0.05) is 80.6 Å². The first-order valence-corrected chi connectivity index (χ1v) is 13.7. The fraction of sp³-hybridized carbons (Fsp3) is 0.294. The number of carbonyl (C=O) groups is 2. The molecular weight excluding hydrogens is 484 g/mol. The van der Waals surface area contributed by atoms with Crippen molar-refractivity contribution in [3.8, 4) is 0 Å². The molecule has 2 aliphatic rings. The molecule has 1 fully saturated rings. The molecule has 1 amide bonds. The summed E-state index contributed by atoms with van der Waals surface area (Å²) in [7, 11) is 1.97. The second kappa shape index (κ2) is 9.65. The van der Waals surface area contributed by atoms with E-state index < -0.39 is 11.5 Å². The number of nitrogens with zero attached hydrogens (tertiary/aromatic N) is 2. The SMILES string of the molecule is Cc1ccccc1CN1C(=O)C2(c3ccccc31)C(C(=O)c1ccc(C(C)C)cc1)C(c1ccco1)CN2C. The number of aryl methyl sites for hydroxylation is 1. The third kappa shape index (κ3) is 3.87. The molecule has 3 unspecified atom stereocenters. The normalized spacial score (nSPS) is 22.7. The number of hydrogen-bond donors (Lipinski definition) is 0. The van der Waals surface area contributed by atoms with Crippen molar-refractivity contribution in [3.63, 3.8) is 0 Å². The summed E-state index contributed by atoms with van der Waals surface area (Å²) in [6, 6.07) is 27.8. The van der Waals surface area contributed by atoms with Crippen molar-refractivity contribution >= 4 is 17.4 Å². The van der Waals surface area contributed by atoms with Gasteiger partial charge >= 0.3 is 0 Å². The van der Waals surface area contributed by atoms with E-state index >= 15 is 0 Å². The van der Waals surface area contributed by atoms with Gasteiger partial charge in [0.2, 0.25) is 0 Å². The number of carbonyl (C=O) groups excluding carboxylic acids is 2. The first-order valence-electron chi connectivity index (χ1n) is 13.7. The van der Waals surface area contributed by atoms with Crippen LogP contribution < -0.4 is 4.90 Å². The Bertz CT molecular complexity index is 1520. The summed E-state index contributed by atoms with van der Waals surface area (Å²) < 4.78 is 5.89. The molecule has 39 heavy (non-hydrogen) atoms. The number of hydrogen-bond acceptors (Lipinski definition) is 4. The lowest BCUT2D eigenvalue weighted by Gasteiger charge is -2.36. The molecule has 0 aliphatic carbocycles. The number of furan rings is 1. The van der Waals surface area contributed by atoms with Gasteiger partial charge in [-0.05, 0) is 54.8 Å². The van der Waals surface area contributed by atoms with Crippen LogP contribution in [0.5, 0.6) is 0 Å². The van der Waals surface area contributed by atoms with Crippen molar-refractivity contribution in [3.05, 3.63) is 125 Å². The highest BCUT2D eigenvalue weighted by atomic mass is 16.3. The standard InChI is InChI=1S/C34H34N2O3/c1-22(2)24-15-17-25(18-16-24)32(37)31-27(30-14-9-19-39-30)21-35(4)34(31)28-12-7-8-13-29(28)36(33(34)38)20-26-11-6-5-10-23(26)3/h5-19,22,27,31H,20-21H2,1-4H3. The predicted molar refractivity (Wildman–Crippen MR) is 153 cm³/mol. The Morgan fingerprint density at radius 2 is 1.69 bits per heavy atom. The number of ketones is 1. The van der Waals surface area contributed by atoms with Gasteiger partial charge in [-0.3, -0.25) is 14.5 Å². The lowest BCUT2D eigenvalue weighted by atomic mass is 9.71. The fourth-order valence-electron chi connectivity index (χ4n) is 6.66. The largest absolute Gasteiger partial charge is 0.469 e. The number of likely N-dealkylation sites (N-methyl/N-ethyl adjacent to an activating group) is 1. The first kappa shape index (κ1) is 25.3. The molecule has 3 aromatic carbocycles. The maximum absolute atomic E-state index is 14.8. The number of rotatable bonds is 6. The van der Waals surface area contributed by atoms with Gasteiger partial charge in [0.05, 0.1) is 18.7 Å². The number of anilines is 1. The molecule has 5 heteroatoms. The van der Waals surface area contributed by atoms with E-state index in [0.29, 0.717) is 24.6 Å². The minimum atomic E-state index is -1.13. The quantitative estimate of drug-likeness (QED) is 0.267. The third-order valence-electron chi connectivity index (χ3n) is 8.74. The van der Waals surface area contributed by atoms with Crippen molar-refractivity contribution < 1.29 is 14.0 Å². The number of fused-ring (bicyclic) bond motifs is 2. The highest BCUT2D eigenvalue weighted by molar-refractivity contribution is 6.13. The van der Waals surface area contributed by atoms with Gasteiger partial charge in [0.25, 0.3) is 5.91 Å². The van der Waals surface area contributed by atoms with Crippen LogP contribution in [-0.4, -0.2) is 30.2 Å². The van der Waals surface area contributed by atoms with Crippen molar-refractivity contribution in [2.75, 3.05) is 18.5 Å². The highest BCUT2D eigenvalue weighted by Crippen LogP contribution is 2.57. The highest BCUT2D eigenvalue weighted by Gasteiger charge is 2.66. The van der Waals surface area contributed by atoms with Crippen LogP contribution in [0.3, 0.4) is 0 Å². The maximum atomic E-state index is 14.8. The van der Waals surface area contributed by atoms with E-state index in [-0.39, 0.29) is 17.6 Å². The summed E-state index contributed by atoms with van der Waals surface area (Å²) in [5.74, 6) is 0.107. The summed E-state index contributed by atoms with van der Waals surface area (Å²) in [4.78, 5) is 33.4. The number of benzene rings is 3. The molecule has 0 bridgehead atoms. The molecule has 0 saturated carbocycles. The molecule has 1 aromatic heterocycles. The second-order valence-electron chi connectivity index (χ2n) is 11.2. The summed E-state index contributed by atoms with van der Waals surface area (Å²) in [6.45, 7) is 7.34. The Morgan fingerprint density at radius 1 is 0.974 bits per heavy atom. The summed E-state index contributed by atoms with van der Waals surface area (Å²) in [6.07, 6.45) is 1.65. The Hall–Kier alpha value is -3.96. The molecular formula is C34H34N2O3. The van der Waals surface area contributed by atoms with Crippen LogP contribution in [0.4, 0.5) is 5.69 Å². The Morgan fingerprint density at radius 3 is 2.38 bits per heavy atom. The molecule has 0 N–H and O–H groups in total. The van der Waals surface area contributed by atoms with Gasteiger partial charge in [-0.15, -0.1) is 0 Å². The lowest BCUT2D eigenvalue weighted by molar-refractivity contribution is -0.129. The zero-order valence-corrected chi connectivity index (χ0v) is 22.9. The molecule has 3 atom stereocenters. The Balaban J connectivity index is 1.51. The lowest BCUT2D eigenvalue weighted by Crippen LogP contribution is -2.53. The van der Waals surface area contributed by atoms with Crippen molar-refractivity contribution in [2.45, 2.75) is 44.7 Å². The summed E-state index contributed by atoms with van der Waals surface area (Å²) in [5, 5.41) is 0. The van der Waals surface area contributed by atoms with Crippen LogP contribution in [0, 0.1) is 12.8 Å². The van der Waals surface area contributed by atoms with Gasteiger partial charge in [0.15, 0.2) is 5.78 Å². The average Bonchev–Trinajstić information content (AvgIpc) is 3.64. The molecule has 3 heterocycles. The van der Waals surface area contributed by atoms with Gasteiger partial charge in [0, 0.05) is 29.3 Å².